The number of carbonyl (C=O) groups excluding carboxylic acids is 1. The monoisotopic (exact) mass is 401 g/mol. The molecule has 1 heterocycles. The molecule has 1 aliphatic rings. The Balaban J connectivity index is 1.72. The van der Waals surface area contributed by atoms with Gasteiger partial charge in [0.2, 0.25) is 5.91 Å². The van der Waals surface area contributed by atoms with Crippen molar-refractivity contribution in [2.24, 2.45) is 0 Å². The van der Waals surface area contributed by atoms with Crippen molar-refractivity contribution in [3.63, 3.8) is 0 Å². The topological polar surface area (TPSA) is 45.2 Å². The molecule has 0 radical (unpaired) electrons. The molecule has 1 aliphatic carbocycles. The summed E-state index contributed by atoms with van der Waals surface area (Å²) in [6.45, 7) is 0.512. The lowest BCUT2D eigenvalue weighted by molar-refractivity contribution is -0.126. The highest BCUT2D eigenvalue weighted by Gasteiger charge is 2.42. The van der Waals surface area contributed by atoms with Gasteiger partial charge >= 0.3 is 0 Å². The number of anilines is 1. The van der Waals surface area contributed by atoms with Gasteiger partial charge in [-0.05, 0) is 42.2 Å². The Labute approximate surface area is 157 Å². The first-order valence-corrected chi connectivity index (χ1v) is 9.47. The quantitative estimate of drug-likeness (QED) is 0.821. The second-order valence-electron chi connectivity index (χ2n) is 6.90. The first-order valence-electron chi connectivity index (χ1n) is 8.68. The van der Waals surface area contributed by atoms with Crippen LogP contribution in [0.15, 0.2) is 47.1 Å². The van der Waals surface area contributed by atoms with Crippen molar-refractivity contribution in [2.45, 2.75) is 37.6 Å². The highest BCUT2D eigenvalue weighted by Crippen LogP contribution is 2.41. The lowest BCUT2D eigenvalue weighted by Gasteiger charge is -2.28. The van der Waals surface area contributed by atoms with Gasteiger partial charge in [0.05, 0.1) is 5.41 Å². The SMILES string of the molecule is CN(C)c1ccc(CNC(=O)C2(c3ccc(Br)cc3)CCCC2)cn1. The van der Waals surface area contributed by atoms with E-state index in [1.807, 2.05) is 49.5 Å². The van der Waals surface area contributed by atoms with Crippen LogP contribution in [0.4, 0.5) is 5.82 Å². The Hall–Kier alpha value is -1.88. The average molecular weight is 402 g/mol. The third-order valence-electron chi connectivity index (χ3n) is 5.01. The van der Waals surface area contributed by atoms with Gasteiger partial charge in [-0.1, -0.05) is 47.0 Å². The molecule has 0 spiro atoms. The summed E-state index contributed by atoms with van der Waals surface area (Å²) < 4.78 is 1.04. The van der Waals surface area contributed by atoms with Gasteiger partial charge in [0, 0.05) is 31.3 Å². The number of nitrogens with one attached hydrogen (secondary N) is 1. The van der Waals surface area contributed by atoms with Gasteiger partial charge in [0.25, 0.3) is 0 Å². The van der Waals surface area contributed by atoms with Crippen LogP contribution in [0.2, 0.25) is 0 Å². The molecule has 1 aromatic carbocycles. The Morgan fingerprint density at radius 2 is 1.84 bits per heavy atom. The number of halogens is 1. The Morgan fingerprint density at radius 3 is 2.40 bits per heavy atom. The Bertz CT molecular complexity index is 720. The van der Waals surface area contributed by atoms with Crippen molar-refractivity contribution >= 4 is 27.7 Å². The van der Waals surface area contributed by atoms with E-state index in [1.165, 1.54) is 0 Å². The number of hydrogen-bond acceptors (Lipinski definition) is 3. The third kappa shape index (κ3) is 3.87. The van der Waals surface area contributed by atoms with E-state index in [0.717, 1.165) is 47.1 Å². The maximum Gasteiger partial charge on any atom is 0.230 e. The van der Waals surface area contributed by atoms with Crippen LogP contribution in [0, 0.1) is 0 Å². The molecule has 25 heavy (non-hydrogen) atoms. The van der Waals surface area contributed by atoms with Crippen molar-refractivity contribution in [2.75, 3.05) is 19.0 Å². The highest BCUT2D eigenvalue weighted by molar-refractivity contribution is 9.10. The molecule has 0 aliphatic heterocycles. The third-order valence-corrected chi connectivity index (χ3v) is 5.54. The number of carbonyl (C=O) groups is 1. The molecule has 0 unspecified atom stereocenters. The van der Waals surface area contributed by atoms with Crippen LogP contribution >= 0.6 is 15.9 Å². The molecule has 1 fully saturated rings. The van der Waals surface area contributed by atoms with Gasteiger partial charge in [0.1, 0.15) is 5.82 Å². The van der Waals surface area contributed by atoms with E-state index in [4.69, 9.17) is 0 Å². The average Bonchev–Trinajstić information content (AvgIpc) is 3.11. The Morgan fingerprint density at radius 1 is 1.16 bits per heavy atom. The molecule has 1 saturated carbocycles. The summed E-state index contributed by atoms with van der Waals surface area (Å²) in [6, 6.07) is 12.2. The molecule has 4 nitrogen and oxygen atoms in total. The number of hydrogen-bond donors (Lipinski definition) is 1. The first kappa shape index (κ1) is 17.9. The smallest absolute Gasteiger partial charge is 0.230 e. The van der Waals surface area contributed by atoms with Crippen molar-refractivity contribution in [1.82, 2.24) is 10.3 Å². The molecule has 1 amide bonds. The second kappa shape index (κ2) is 7.56. The van der Waals surface area contributed by atoms with Gasteiger partial charge in [0.15, 0.2) is 0 Å². The number of rotatable bonds is 5. The van der Waals surface area contributed by atoms with Crippen LogP contribution in [-0.2, 0) is 16.8 Å². The summed E-state index contributed by atoms with van der Waals surface area (Å²) in [6.07, 6.45) is 5.86. The minimum Gasteiger partial charge on any atom is -0.363 e. The molecule has 0 atom stereocenters. The molecule has 0 saturated heterocycles. The zero-order chi connectivity index (χ0) is 17.9. The highest BCUT2D eigenvalue weighted by atomic mass is 79.9. The normalized spacial score (nSPS) is 15.8. The maximum absolute atomic E-state index is 13.0. The minimum absolute atomic E-state index is 0.129. The predicted molar refractivity (Wildman–Crippen MR) is 105 cm³/mol. The van der Waals surface area contributed by atoms with Crippen LogP contribution < -0.4 is 10.2 Å². The Kier molecular flexibility index (Phi) is 5.42. The van der Waals surface area contributed by atoms with Crippen molar-refractivity contribution in [1.29, 1.82) is 0 Å². The van der Waals surface area contributed by atoms with E-state index in [0.29, 0.717) is 6.54 Å². The van der Waals surface area contributed by atoms with E-state index in [9.17, 15) is 4.79 Å². The predicted octanol–water partition coefficient (Wildman–Crippen LogP) is 4.04. The lowest BCUT2D eigenvalue weighted by Crippen LogP contribution is -2.42. The molecule has 2 aromatic rings. The first-order chi connectivity index (χ1) is 12.0. The summed E-state index contributed by atoms with van der Waals surface area (Å²) in [5, 5.41) is 3.14. The molecular weight excluding hydrogens is 378 g/mol. The van der Waals surface area contributed by atoms with E-state index in [2.05, 4.69) is 38.4 Å². The van der Waals surface area contributed by atoms with Crippen LogP contribution in [0.5, 0.6) is 0 Å². The minimum atomic E-state index is -0.391. The number of nitrogens with zero attached hydrogens (tertiary/aromatic N) is 2. The van der Waals surface area contributed by atoms with Crippen LogP contribution in [0.25, 0.3) is 0 Å². The lowest BCUT2D eigenvalue weighted by atomic mass is 9.78. The second-order valence-corrected chi connectivity index (χ2v) is 7.81. The maximum atomic E-state index is 13.0. The summed E-state index contributed by atoms with van der Waals surface area (Å²) in [4.78, 5) is 19.4. The zero-order valence-corrected chi connectivity index (χ0v) is 16.3. The van der Waals surface area contributed by atoms with Crippen LogP contribution in [0.3, 0.4) is 0 Å². The van der Waals surface area contributed by atoms with Gasteiger partial charge < -0.3 is 10.2 Å². The fourth-order valence-electron chi connectivity index (χ4n) is 3.53. The number of pyridine rings is 1. The van der Waals surface area contributed by atoms with Gasteiger partial charge in [-0.3, -0.25) is 4.79 Å². The van der Waals surface area contributed by atoms with Crippen LogP contribution in [-0.4, -0.2) is 25.0 Å². The van der Waals surface area contributed by atoms with E-state index >= 15 is 0 Å². The fraction of sp³-hybridized carbons (Fsp3) is 0.400. The summed E-state index contributed by atoms with van der Waals surface area (Å²) in [5.74, 6) is 1.04. The fourth-order valence-corrected chi connectivity index (χ4v) is 3.80. The van der Waals surface area contributed by atoms with Crippen molar-refractivity contribution in [3.05, 3.63) is 58.2 Å². The van der Waals surface area contributed by atoms with Gasteiger partial charge in [-0.15, -0.1) is 0 Å². The molecular formula is C20H24BrN3O. The van der Waals surface area contributed by atoms with Crippen molar-refractivity contribution < 1.29 is 4.79 Å². The number of amides is 1. The molecule has 0 bridgehead atoms. The van der Waals surface area contributed by atoms with E-state index in [1.54, 1.807) is 0 Å². The molecule has 5 heteroatoms. The summed E-state index contributed by atoms with van der Waals surface area (Å²) in [7, 11) is 3.93. The standard InChI is InChI=1S/C20H24BrN3O/c1-24(2)18-10-5-15(13-22-18)14-23-19(25)20(11-3-4-12-20)16-6-8-17(21)9-7-16/h5-10,13H,3-4,11-12,14H2,1-2H3,(H,23,25). The molecule has 3 rings (SSSR count). The van der Waals surface area contributed by atoms with Crippen LogP contribution in [0.1, 0.15) is 36.8 Å². The summed E-state index contributed by atoms with van der Waals surface area (Å²) in [5.41, 5.74) is 1.74. The molecule has 1 N–H and O–H groups in total. The molecule has 132 valence electrons. The zero-order valence-electron chi connectivity index (χ0n) is 14.8. The van der Waals surface area contributed by atoms with Gasteiger partial charge in [-0.2, -0.15) is 0 Å². The van der Waals surface area contributed by atoms with Gasteiger partial charge in [-0.25, -0.2) is 4.98 Å². The molecule has 1 aromatic heterocycles. The largest absolute Gasteiger partial charge is 0.363 e. The van der Waals surface area contributed by atoms with Crippen molar-refractivity contribution in [3.8, 4) is 0 Å². The summed E-state index contributed by atoms with van der Waals surface area (Å²) >= 11 is 3.47. The number of benzene rings is 1. The number of aromatic nitrogens is 1. The van der Waals surface area contributed by atoms with E-state index < -0.39 is 5.41 Å². The van der Waals surface area contributed by atoms with E-state index in [-0.39, 0.29) is 5.91 Å².